The second-order valence-electron chi connectivity index (χ2n) is 4.13. The van der Waals surface area contributed by atoms with Crippen LogP contribution in [0.15, 0.2) is 36.4 Å². The van der Waals surface area contributed by atoms with Crippen LogP contribution in [0.4, 0.5) is 17.6 Å². The molecule has 1 aromatic heterocycles. The fourth-order valence-corrected chi connectivity index (χ4v) is 1.74. The minimum atomic E-state index is -4.52. The largest absolute Gasteiger partial charge is 0.465 e. The van der Waals surface area contributed by atoms with Gasteiger partial charge in [0, 0.05) is 11.6 Å². The highest BCUT2D eigenvalue weighted by atomic mass is 19.4. The van der Waals surface area contributed by atoms with Gasteiger partial charge in [0.15, 0.2) is 0 Å². The number of hydrogen-bond donors (Lipinski definition) is 0. The van der Waals surface area contributed by atoms with Gasteiger partial charge in [-0.05, 0) is 18.2 Å². The Hall–Kier alpha value is -2.44. The van der Waals surface area contributed by atoms with Crippen LogP contribution < -0.4 is 0 Å². The van der Waals surface area contributed by atoms with Crippen molar-refractivity contribution >= 4 is 5.97 Å². The van der Waals surface area contributed by atoms with E-state index in [9.17, 15) is 22.4 Å². The standard InChI is InChI=1S/C14H9F4NO2/c1-21-13(20)9-6-11(19-12(15)7-9)8-3-2-4-10(5-8)14(16,17)18/h2-7H,1H3. The number of methoxy groups -OCH3 is 1. The topological polar surface area (TPSA) is 39.2 Å². The van der Waals surface area contributed by atoms with Crippen LogP contribution in [0.5, 0.6) is 0 Å². The first-order valence-electron chi connectivity index (χ1n) is 5.75. The van der Waals surface area contributed by atoms with E-state index in [0.717, 1.165) is 25.3 Å². The van der Waals surface area contributed by atoms with E-state index in [4.69, 9.17) is 0 Å². The summed E-state index contributed by atoms with van der Waals surface area (Å²) in [7, 11) is 1.12. The molecule has 0 N–H and O–H groups in total. The Morgan fingerprint density at radius 2 is 1.90 bits per heavy atom. The highest BCUT2D eigenvalue weighted by Gasteiger charge is 2.30. The van der Waals surface area contributed by atoms with Gasteiger partial charge in [-0.3, -0.25) is 0 Å². The molecule has 2 aromatic rings. The first kappa shape index (κ1) is 15.0. The highest BCUT2D eigenvalue weighted by molar-refractivity contribution is 5.90. The van der Waals surface area contributed by atoms with Crippen LogP contribution in [0.2, 0.25) is 0 Å². The van der Waals surface area contributed by atoms with Gasteiger partial charge in [-0.1, -0.05) is 12.1 Å². The SMILES string of the molecule is COC(=O)c1cc(F)nc(-c2cccc(C(F)(F)F)c2)c1. The highest BCUT2D eigenvalue weighted by Crippen LogP contribution is 2.31. The molecule has 1 aromatic carbocycles. The smallest absolute Gasteiger partial charge is 0.416 e. The molecule has 0 fully saturated rings. The number of nitrogens with zero attached hydrogens (tertiary/aromatic N) is 1. The van der Waals surface area contributed by atoms with E-state index in [1.54, 1.807) is 0 Å². The quantitative estimate of drug-likeness (QED) is 0.482. The zero-order chi connectivity index (χ0) is 15.6. The van der Waals surface area contributed by atoms with Crippen LogP contribution in [0.25, 0.3) is 11.3 Å². The number of ether oxygens (including phenoxy) is 1. The van der Waals surface area contributed by atoms with Gasteiger partial charge in [0.1, 0.15) is 0 Å². The Balaban J connectivity index is 2.52. The lowest BCUT2D eigenvalue weighted by molar-refractivity contribution is -0.137. The molecule has 0 saturated heterocycles. The number of benzene rings is 1. The number of carbonyl (C=O) groups is 1. The number of esters is 1. The fourth-order valence-electron chi connectivity index (χ4n) is 1.74. The molecule has 0 saturated carbocycles. The summed E-state index contributed by atoms with van der Waals surface area (Å²) in [5.41, 5.74) is -1.04. The molecular formula is C14H9F4NO2. The lowest BCUT2D eigenvalue weighted by Crippen LogP contribution is -2.06. The van der Waals surface area contributed by atoms with Crippen molar-refractivity contribution in [3.63, 3.8) is 0 Å². The molecule has 110 valence electrons. The summed E-state index contributed by atoms with van der Waals surface area (Å²) >= 11 is 0. The van der Waals surface area contributed by atoms with Gasteiger partial charge in [0.05, 0.1) is 23.9 Å². The number of rotatable bonds is 2. The molecule has 7 heteroatoms. The average Bonchev–Trinajstić information content (AvgIpc) is 2.45. The predicted octanol–water partition coefficient (Wildman–Crippen LogP) is 3.69. The third kappa shape index (κ3) is 3.36. The van der Waals surface area contributed by atoms with E-state index >= 15 is 0 Å². The van der Waals surface area contributed by atoms with Gasteiger partial charge in [-0.25, -0.2) is 9.78 Å². The monoisotopic (exact) mass is 299 g/mol. The number of halogens is 4. The van der Waals surface area contributed by atoms with E-state index in [-0.39, 0.29) is 16.8 Å². The number of alkyl halides is 3. The van der Waals surface area contributed by atoms with Crippen LogP contribution in [-0.2, 0) is 10.9 Å². The number of hydrogen-bond acceptors (Lipinski definition) is 3. The summed E-state index contributed by atoms with van der Waals surface area (Å²) in [6.07, 6.45) is -4.52. The van der Waals surface area contributed by atoms with E-state index in [1.807, 2.05) is 0 Å². The lowest BCUT2D eigenvalue weighted by Gasteiger charge is -2.09. The number of pyridine rings is 1. The Bertz CT molecular complexity index is 683. The predicted molar refractivity (Wildman–Crippen MR) is 66.0 cm³/mol. The van der Waals surface area contributed by atoms with E-state index in [1.165, 1.54) is 18.2 Å². The summed E-state index contributed by atoms with van der Waals surface area (Å²) in [4.78, 5) is 14.9. The molecule has 3 nitrogen and oxygen atoms in total. The minimum absolute atomic E-state index is 0.0504. The van der Waals surface area contributed by atoms with Gasteiger partial charge < -0.3 is 4.74 Å². The average molecular weight is 299 g/mol. The van der Waals surface area contributed by atoms with Gasteiger partial charge in [-0.2, -0.15) is 17.6 Å². The van der Waals surface area contributed by atoms with Gasteiger partial charge >= 0.3 is 12.1 Å². The Labute approximate surface area is 117 Å². The Morgan fingerprint density at radius 3 is 2.52 bits per heavy atom. The van der Waals surface area contributed by atoms with E-state index < -0.39 is 23.7 Å². The molecule has 0 atom stereocenters. The Morgan fingerprint density at radius 1 is 1.19 bits per heavy atom. The van der Waals surface area contributed by atoms with E-state index in [0.29, 0.717) is 0 Å². The third-order valence-electron chi connectivity index (χ3n) is 2.70. The van der Waals surface area contributed by atoms with Crippen LogP contribution >= 0.6 is 0 Å². The first-order chi connectivity index (χ1) is 9.81. The summed E-state index contributed by atoms with van der Waals surface area (Å²) in [6.45, 7) is 0. The normalized spacial score (nSPS) is 11.3. The van der Waals surface area contributed by atoms with Crippen molar-refractivity contribution in [3.05, 3.63) is 53.5 Å². The second-order valence-corrected chi connectivity index (χ2v) is 4.13. The lowest BCUT2D eigenvalue weighted by atomic mass is 10.1. The molecule has 0 aliphatic rings. The molecule has 2 rings (SSSR count). The molecule has 0 aliphatic heterocycles. The summed E-state index contributed by atoms with van der Waals surface area (Å²) in [5.74, 6) is -1.78. The molecule has 0 radical (unpaired) electrons. The van der Waals surface area contributed by atoms with Crippen LogP contribution in [0.3, 0.4) is 0 Å². The molecule has 0 aliphatic carbocycles. The van der Waals surface area contributed by atoms with Crippen LogP contribution in [0, 0.1) is 5.95 Å². The molecule has 0 bridgehead atoms. The number of aromatic nitrogens is 1. The third-order valence-corrected chi connectivity index (χ3v) is 2.70. The molecule has 21 heavy (non-hydrogen) atoms. The maximum Gasteiger partial charge on any atom is 0.416 e. The maximum atomic E-state index is 13.4. The zero-order valence-electron chi connectivity index (χ0n) is 10.7. The molecule has 0 amide bonds. The first-order valence-corrected chi connectivity index (χ1v) is 5.75. The molecule has 0 unspecified atom stereocenters. The van der Waals surface area contributed by atoms with Crippen molar-refractivity contribution < 1.29 is 27.1 Å². The molecule has 0 spiro atoms. The number of carbonyl (C=O) groups excluding carboxylic acids is 1. The fraction of sp³-hybridized carbons (Fsp3) is 0.143. The van der Waals surface area contributed by atoms with Crippen molar-refractivity contribution in [1.82, 2.24) is 4.98 Å². The minimum Gasteiger partial charge on any atom is -0.465 e. The summed E-state index contributed by atoms with van der Waals surface area (Å²) < 4.78 is 55.8. The van der Waals surface area contributed by atoms with Crippen LogP contribution in [-0.4, -0.2) is 18.1 Å². The van der Waals surface area contributed by atoms with Gasteiger partial charge in [0.25, 0.3) is 0 Å². The van der Waals surface area contributed by atoms with Crippen molar-refractivity contribution in [1.29, 1.82) is 0 Å². The van der Waals surface area contributed by atoms with Gasteiger partial charge in [-0.15, -0.1) is 0 Å². The zero-order valence-corrected chi connectivity index (χ0v) is 10.7. The summed E-state index contributed by atoms with van der Waals surface area (Å²) in [6, 6.07) is 6.28. The maximum absolute atomic E-state index is 13.4. The Kier molecular flexibility index (Phi) is 3.93. The van der Waals surface area contributed by atoms with Crippen molar-refractivity contribution in [2.45, 2.75) is 6.18 Å². The van der Waals surface area contributed by atoms with Crippen LogP contribution in [0.1, 0.15) is 15.9 Å². The van der Waals surface area contributed by atoms with Crippen molar-refractivity contribution in [2.24, 2.45) is 0 Å². The molecule has 1 heterocycles. The van der Waals surface area contributed by atoms with E-state index in [2.05, 4.69) is 9.72 Å². The second kappa shape index (κ2) is 5.51. The summed E-state index contributed by atoms with van der Waals surface area (Å²) in [5, 5.41) is 0. The van der Waals surface area contributed by atoms with Crippen molar-refractivity contribution in [3.8, 4) is 11.3 Å². The van der Waals surface area contributed by atoms with Crippen molar-refractivity contribution in [2.75, 3.05) is 7.11 Å². The molecular weight excluding hydrogens is 290 g/mol. The van der Waals surface area contributed by atoms with Gasteiger partial charge in [0.2, 0.25) is 5.95 Å².